The summed E-state index contributed by atoms with van der Waals surface area (Å²) in [4.78, 5) is 17.3. The van der Waals surface area contributed by atoms with Gasteiger partial charge in [-0.25, -0.2) is 0 Å². The van der Waals surface area contributed by atoms with Gasteiger partial charge in [0, 0.05) is 51.4 Å². The van der Waals surface area contributed by atoms with Crippen molar-refractivity contribution in [3.8, 4) is 6.07 Å². The van der Waals surface area contributed by atoms with Crippen molar-refractivity contribution in [2.45, 2.75) is 60.0 Å². The van der Waals surface area contributed by atoms with Gasteiger partial charge in [-0.1, -0.05) is 26.0 Å². The summed E-state index contributed by atoms with van der Waals surface area (Å²) in [7, 11) is 0. The minimum Gasteiger partial charge on any atom is -0.341 e. The molecule has 1 aromatic heterocycles. The van der Waals surface area contributed by atoms with Crippen LogP contribution in [0.1, 0.15) is 54.8 Å². The first-order valence-electron chi connectivity index (χ1n) is 11.4. The van der Waals surface area contributed by atoms with E-state index < -0.39 is 0 Å². The predicted molar refractivity (Wildman–Crippen MR) is 122 cm³/mol. The van der Waals surface area contributed by atoms with Crippen LogP contribution in [0.5, 0.6) is 0 Å². The molecule has 31 heavy (non-hydrogen) atoms. The number of aryl methyl sites for hydroxylation is 1. The number of nitrogens with zero attached hydrogens (tertiary/aromatic N) is 5. The molecule has 2 aromatic rings. The lowest BCUT2D eigenvalue weighted by atomic mass is 10.1. The van der Waals surface area contributed by atoms with Crippen molar-refractivity contribution in [3.05, 3.63) is 52.3 Å². The second kappa shape index (κ2) is 10.6. The molecule has 1 aromatic carbocycles. The second-order valence-corrected chi connectivity index (χ2v) is 9.04. The predicted octanol–water partition coefficient (Wildman–Crippen LogP) is 3.69. The van der Waals surface area contributed by atoms with Gasteiger partial charge in [0.1, 0.15) is 0 Å². The zero-order valence-corrected chi connectivity index (χ0v) is 19.4. The Morgan fingerprint density at radius 3 is 2.55 bits per heavy atom. The number of benzene rings is 1. The highest BCUT2D eigenvalue weighted by Crippen LogP contribution is 2.18. The third-order valence-corrected chi connectivity index (χ3v) is 6.09. The topological polar surface area (TPSA) is 65.2 Å². The van der Waals surface area contributed by atoms with Crippen molar-refractivity contribution < 1.29 is 4.79 Å². The molecule has 2 heterocycles. The van der Waals surface area contributed by atoms with Gasteiger partial charge in [0.25, 0.3) is 0 Å². The van der Waals surface area contributed by atoms with E-state index in [2.05, 4.69) is 48.4 Å². The van der Waals surface area contributed by atoms with E-state index in [0.717, 1.165) is 57.8 Å². The Labute approximate surface area is 186 Å². The van der Waals surface area contributed by atoms with Crippen LogP contribution in [0.3, 0.4) is 0 Å². The van der Waals surface area contributed by atoms with Crippen molar-refractivity contribution in [2.24, 2.45) is 5.92 Å². The van der Waals surface area contributed by atoms with Crippen LogP contribution >= 0.6 is 0 Å². The molecular weight excluding hydrogens is 386 g/mol. The molecule has 1 amide bonds. The normalized spacial score (nSPS) is 15.2. The molecule has 6 nitrogen and oxygen atoms in total. The van der Waals surface area contributed by atoms with Gasteiger partial charge in [-0.05, 0) is 55.9 Å². The summed E-state index contributed by atoms with van der Waals surface area (Å²) in [6.07, 6.45) is 2.30. The summed E-state index contributed by atoms with van der Waals surface area (Å²) in [5.74, 6) is 0.799. The first-order chi connectivity index (χ1) is 14.9. The molecule has 0 saturated carbocycles. The second-order valence-electron chi connectivity index (χ2n) is 9.04. The molecule has 1 fully saturated rings. The maximum Gasteiger partial charge on any atom is 0.222 e. The summed E-state index contributed by atoms with van der Waals surface area (Å²) in [6, 6.07) is 9.95. The van der Waals surface area contributed by atoms with E-state index in [9.17, 15) is 4.79 Å². The fourth-order valence-electron chi connectivity index (χ4n) is 4.33. The number of hydrogen-bond acceptors (Lipinski definition) is 4. The highest BCUT2D eigenvalue weighted by molar-refractivity contribution is 5.76. The molecule has 0 unspecified atom stereocenters. The number of carbonyl (C=O) groups is 1. The molecule has 0 aliphatic carbocycles. The highest BCUT2D eigenvalue weighted by Gasteiger charge is 2.20. The zero-order chi connectivity index (χ0) is 22.4. The third-order valence-electron chi connectivity index (χ3n) is 6.09. The van der Waals surface area contributed by atoms with E-state index in [1.165, 1.54) is 16.8 Å². The van der Waals surface area contributed by atoms with Crippen molar-refractivity contribution in [2.75, 3.05) is 26.2 Å². The maximum atomic E-state index is 12.9. The summed E-state index contributed by atoms with van der Waals surface area (Å²) in [6.45, 7) is 13.8. The minimum absolute atomic E-state index is 0.246. The standard InChI is InChI=1S/C25H35N5O/c1-19(2)17-30-21(4)24(20(3)27-30)10-11-25(31)29-13-5-12-28(14-15-29)18-23-8-6-22(16-26)7-9-23/h6-9,19H,5,10-15,17-18H2,1-4H3. The van der Waals surface area contributed by atoms with Gasteiger partial charge in [0.2, 0.25) is 5.91 Å². The molecular formula is C25H35N5O. The summed E-state index contributed by atoms with van der Waals surface area (Å²) in [5.41, 5.74) is 5.38. The van der Waals surface area contributed by atoms with Gasteiger partial charge < -0.3 is 4.90 Å². The fourth-order valence-corrected chi connectivity index (χ4v) is 4.33. The van der Waals surface area contributed by atoms with Gasteiger partial charge in [-0.2, -0.15) is 10.4 Å². The van der Waals surface area contributed by atoms with Crippen LogP contribution in [0.2, 0.25) is 0 Å². The third kappa shape index (κ3) is 6.18. The lowest BCUT2D eigenvalue weighted by Crippen LogP contribution is -2.35. The molecule has 3 rings (SSSR count). The van der Waals surface area contributed by atoms with Crippen molar-refractivity contribution >= 4 is 5.91 Å². The lowest BCUT2D eigenvalue weighted by Gasteiger charge is -2.22. The zero-order valence-electron chi connectivity index (χ0n) is 19.4. The van der Waals surface area contributed by atoms with E-state index >= 15 is 0 Å². The van der Waals surface area contributed by atoms with Gasteiger partial charge in [-0.15, -0.1) is 0 Å². The average Bonchev–Trinajstić information content (AvgIpc) is 2.89. The van der Waals surface area contributed by atoms with E-state index in [4.69, 9.17) is 5.26 Å². The smallest absolute Gasteiger partial charge is 0.222 e. The Hall–Kier alpha value is -2.65. The molecule has 1 aliphatic heterocycles. The van der Waals surface area contributed by atoms with Crippen molar-refractivity contribution in [3.63, 3.8) is 0 Å². The largest absolute Gasteiger partial charge is 0.341 e. The number of hydrogen-bond donors (Lipinski definition) is 0. The molecule has 166 valence electrons. The molecule has 6 heteroatoms. The monoisotopic (exact) mass is 421 g/mol. The van der Waals surface area contributed by atoms with E-state index in [-0.39, 0.29) is 5.91 Å². The van der Waals surface area contributed by atoms with Gasteiger partial charge in [0.05, 0.1) is 17.3 Å². The summed E-state index contributed by atoms with van der Waals surface area (Å²) >= 11 is 0. The Bertz CT molecular complexity index is 923. The van der Waals surface area contributed by atoms with Crippen LogP contribution in [-0.2, 0) is 24.3 Å². The van der Waals surface area contributed by atoms with Gasteiger partial charge >= 0.3 is 0 Å². The quantitative estimate of drug-likeness (QED) is 0.684. The Kier molecular flexibility index (Phi) is 7.86. The number of rotatable bonds is 7. The number of nitriles is 1. The number of amides is 1. The van der Waals surface area contributed by atoms with Crippen LogP contribution in [0.4, 0.5) is 0 Å². The van der Waals surface area contributed by atoms with Crippen LogP contribution in [0.15, 0.2) is 24.3 Å². The van der Waals surface area contributed by atoms with Gasteiger partial charge in [-0.3, -0.25) is 14.4 Å². The molecule has 0 radical (unpaired) electrons. The Balaban J connectivity index is 1.51. The lowest BCUT2D eigenvalue weighted by molar-refractivity contribution is -0.131. The Morgan fingerprint density at radius 1 is 1.13 bits per heavy atom. The van der Waals surface area contributed by atoms with Crippen molar-refractivity contribution in [1.82, 2.24) is 19.6 Å². The molecule has 1 saturated heterocycles. The average molecular weight is 422 g/mol. The molecule has 0 N–H and O–H groups in total. The number of aromatic nitrogens is 2. The highest BCUT2D eigenvalue weighted by atomic mass is 16.2. The molecule has 0 atom stereocenters. The summed E-state index contributed by atoms with van der Waals surface area (Å²) < 4.78 is 2.09. The summed E-state index contributed by atoms with van der Waals surface area (Å²) in [5, 5.41) is 13.6. The van der Waals surface area contributed by atoms with E-state index in [0.29, 0.717) is 17.9 Å². The minimum atomic E-state index is 0.246. The van der Waals surface area contributed by atoms with Gasteiger partial charge in [0.15, 0.2) is 0 Å². The van der Waals surface area contributed by atoms with Crippen molar-refractivity contribution in [1.29, 1.82) is 5.26 Å². The van der Waals surface area contributed by atoms with Crippen LogP contribution < -0.4 is 0 Å². The van der Waals surface area contributed by atoms with Crippen LogP contribution in [-0.4, -0.2) is 51.7 Å². The molecule has 1 aliphatic rings. The maximum absolute atomic E-state index is 12.9. The SMILES string of the molecule is Cc1nn(CC(C)C)c(C)c1CCC(=O)N1CCCN(Cc2ccc(C#N)cc2)CC1. The van der Waals surface area contributed by atoms with Crippen LogP contribution in [0, 0.1) is 31.1 Å². The first-order valence-corrected chi connectivity index (χ1v) is 11.4. The van der Waals surface area contributed by atoms with E-state index in [1.807, 2.05) is 29.2 Å². The number of carbonyl (C=O) groups excluding carboxylic acids is 1. The fraction of sp³-hybridized carbons (Fsp3) is 0.560. The molecule has 0 spiro atoms. The van der Waals surface area contributed by atoms with Crippen LogP contribution in [0.25, 0.3) is 0 Å². The Morgan fingerprint density at radius 2 is 1.87 bits per heavy atom. The van der Waals surface area contributed by atoms with E-state index in [1.54, 1.807) is 0 Å². The first kappa shape index (κ1) is 23.0. The molecule has 0 bridgehead atoms.